The van der Waals surface area contributed by atoms with Crippen molar-refractivity contribution in [3.63, 3.8) is 0 Å². The molecule has 1 fully saturated rings. The van der Waals surface area contributed by atoms with E-state index in [1.807, 2.05) is 19.1 Å². The van der Waals surface area contributed by atoms with Gasteiger partial charge in [-0.15, -0.1) is 5.92 Å². The van der Waals surface area contributed by atoms with Gasteiger partial charge in [-0.25, -0.2) is 4.79 Å². The molecule has 0 radical (unpaired) electrons. The van der Waals surface area contributed by atoms with Crippen LogP contribution in [-0.2, 0) is 4.74 Å². The molecule has 0 amide bonds. The molecule has 5 rings (SSSR count). The van der Waals surface area contributed by atoms with Crippen LogP contribution in [0.15, 0.2) is 72.8 Å². The maximum Gasteiger partial charge on any atom is 0.339 e. The number of fused-ring (bicyclic) bond motifs is 3. The maximum atomic E-state index is 12.9. The van der Waals surface area contributed by atoms with Gasteiger partial charge >= 0.3 is 5.97 Å². The van der Waals surface area contributed by atoms with Gasteiger partial charge in [-0.05, 0) is 81.1 Å². The van der Waals surface area contributed by atoms with E-state index in [0.717, 1.165) is 25.7 Å². The lowest BCUT2D eigenvalue weighted by Gasteiger charge is -2.32. The van der Waals surface area contributed by atoms with Gasteiger partial charge in [-0.2, -0.15) is 0 Å². The van der Waals surface area contributed by atoms with Crippen molar-refractivity contribution < 1.29 is 9.53 Å². The first-order valence-corrected chi connectivity index (χ1v) is 12.1. The van der Waals surface area contributed by atoms with Crippen LogP contribution in [0.25, 0.3) is 25.1 Å². The molecule has 0 spiro atoms. The Morgan fingerprint density at radius 1 is 0.839 bits per heavy atom. The summed E-state index contributed by atoms with van der Waals surface area (Å²) in [7, 11) is -0.154. The van der Waals surface area contributed by atoms with E-state index in [2.05, 4.69) is 72.5 Å². The van der Waals surface area contributed by atoms with Crippen LogP contribution in [0.1, 0.15) is 49.4 Å². The van der Waals surface area contributed by atoms with Gasteiger partial charge in [0.15, 0.2) is 19.9 Å². The molecule has 0 saturated heterocycles. The molecule has 31 heavy (non-hydrogen) atoms. The third-order valence-electron chi connectivity index (χ3n) is 6.13. The summed E-state index contributed by atoms with van der Waals surface area (Å²) in [4.78, 5) is 14.2. The average Bonchev–Trinajstić information content (AvgIpc) is 3.14. The van der Waals surface area contributed by atoms with Crippen molar-refractivity contribution >= 4 is 36.6 Å². The summed E-state index contributed by atoms with van der Waals surface area (Å²) >= 11 is 0. The van der Waals surface area contributed by atoms with Crippen molar-refractivity contribution in [3.8, 4) is 16.7 Å². The number of hydrogen-bond donors (Lipinski definition) is 0. The molecule has 1 heterocycles. The highest BCUT2D eigenvalue weighted by Crippen LogP contribution is 2.48. The first-order valence-electron chi connectivity index (χ1n) is 10.9. The third-order valence-corrected chi connectivity index (χ3v) is 8.47. The van der Waals surface area contributed by atoms with E-state index in [-0.39, 0.29) is 16.4 Å². The second-order valence-corrected chi connectivity index (χ2v) is 10.1. The first-order chi connectivity index (χ1) is 15.2. The monoisotopic (exact) mass is 425 g/mol. The second kappa shape index (κ2) is 8.21. The standard InChI is InChI=1S/C28H25O2S/c1-2-18-28(19-8-3-9-20-28)30-27(29)21-14-16-22(17-15-21)31-25-12-6-4-10-23(25)24-11-5-7-13-26(24)31/h4-7,10-17H,3,8-9,19-20H2,1H3/q+1. The molecule has 0 unspecified atom stereocenters. The largest absolute Gasteiger partial charge is 0.442 e. The summed E-state index contributed by atoms with van der Waals surface area (Å²) < 4.78 is 8.66. The van der Waals surface area contributed by atoms with Crippen LogP contribution in [0.2, 0.25) is 0 Å². The Morgan fingerprint density at radius 3 is 2.00 bits per heavy atom. The Hall–Kier alpha value is -3.09. The van der Waals surface area contributed by atoms with Gasteiger partial charge in [-0.3, -0.25) is 0 Å². The van der Waals surface area contributed by atoms with Crippen molar-refractivity contribution in [1.29, 1.82) is 0 Å². The fourth-order valence-corrected chi connectivity index (χ4v) is 7.05. The summed E-state index contributed by atoms with van der Waals surface area (Å²) in [5.41, 5.74) is -0.0237. The number of carbonyl (C=O) groups excluding carboxylic acids is 1. The molecule has 0 aliphatic heterocycles. The summed E-state index contributed by atoms with van der Waals surface area (Å²) in [5.74, 6) is 5.89. The zero-order chi connectivity index (χ0) is 21.3. The number of carbonyl (C=O) groups is 1. The Bertz CT molecular complexity index is 1260. The highest BCUT2D eigenvalue weighted by atomic mass is 32.2. The topological polar surface area (TPSA) is 26.3 Å². The zero-order valence-electron chi connectivity index (χ0n) is 17.7. The van der Waals surface area contributed by atoms with Crippen LogP contribution >= 0.6 is 10.5 Å². The molecule has 0 atom stereocenters. The van der Waals surface area contributed by atoms with Crippen LogP contribution in [0.5, 0.6) is 0 Å². The highest BCUT2D eigenvalue weighted by Gasteiger charge is 2.34. The SMILES string of the molecule is CC#CC1(OC(=O)c2ccc(-[s+]3c4ccccc4c4ccccc43)cc2)CCCCC1. The van der Waals surface area contributed by atoms with Crippen molar-refractivity contribution in [1.82, 2.24) is 0 Å². The number of thiophene rings is 1. The van der Waals surface area contributed by atoms with E-state index in [1.54, 1.807) is 0 Å². The maximum absolute atomic E-state index is 12.9. The molecule has 3 heteroatoms. The molecule has 1 saturated carbocycles. The Kier molecular flexibility index (Phi) is 5.26. The molecule has 4 aromatic rings. The molecule has 1 aliphatic rings. The normalized spacial score (nSPS) is 15.4. The van der Waals surface area contributed by atoms with Crippen LogP contribution in [0.4, 0.5) is 0 Å². The summed E-state index contributed by atoms with van der Waals surface area (Å²) in [6, 6.07) is 25.2. The number of benzene rings is 3. The van der Waals surface area contributed by atoms with Gasteiger partial charge in [0.2, 0.25) is 0 Å². The quantitative estimate of drug-likeness (QED) is 0.192. The van der Waals surface area contributed by atoms with Crippen LogP contribution in [-0.4, -0.2) is 11.6 Å². The van der Waals surface area contributed by atoms with E-state index in [1.165, 1.54) is 31.5 Å². The van der Waals surface area contributed by atoms with E-state index in [9.17, 15) is 4.79 Å². The van der Waals surface area contributed by atoms with Crippen molar-refractivity contribution in [2.24, 2.45) is 0 Å². The molecule has 1 aliphatic carbocycles. The molecule has 0 N–H and O–H groups in total. The van der Waals surface area contributed by atoms with Gasteiger partial charge in [0, 0.05) is 21.2 Å². The lowest BCUT2D eigenvalue weighted by molar-refractivity contribution is -0.00670. The lowest BCUT2D eigenvalue weighted by atomic mass is 9.85. The molecule has 154 valence electrons. The Labute approximate surface area is 185 Å². The summed E-state index contributed by atoms with van der Waals surface area (Å²) in [6.07, 6.45) is 4.96. The molecular formula is C28H25O2S+. The summed E-state index contributed by atoms with van der Waals surface area (Å²) in [5, 5.41) is 2.62. The number of rotatable bonds is 3. The second-order valence-electron chi connectivity index (χ2n) is 8.14. The van der Waals surface area contributed by atoms with E-state index in [4.69, 9.17) is 4.74 Å². The van der Waals surface area contributed by atoms with Crippen molar-refractivity contribution in [2.75, 3.05) is 0 Å². The van der Waals surface area contributed by atoms with Gasteiger partial charge in [0.05, 0.1) is 5.56 Å². The fraction of sp³-hybridized carbons (Fsp3) is 0.250. The van der Waals surface area contributed by atoms with Crippen LogP contribution in [0.3, 0.4) is 0 Å². The van der Waals surface area contributed by atoms with Gasteiger partial charge < -0.3 is 4.74 Å². The Morgan fingerprint density at radius 2 is 1.42 bits per heavy atom. The predicted molar refractivity (Wildman–Crippen MR) is 130 cm³/mol. The minimum absolute atomic E-state index is 0.154. The fourth-order valence-electron chi connectivity index (χ4n) is 4.67. The van der Waals surface area contributed by atoms with Crippen molar-refractivity contribution in [2.45, 2.75) is 44.6 Å². The first kappa shape index (κ1) is 19.8. The minimum atomic E-state index is -0.617. The van der Waals surface area contributed by atoms with Crippen LogP contribution < -0.4 is 0 Å². The third kappa shape index (κ3) is 3.62. The number of ether oxygens (including phenoxy) is 1. The molecular weight excluding hydrogens is 400 g/mol. The van der Waals surface area contributed by atoms with Crippen molar-refractivity contribution in [3.05, 3.63) is 78.4 Å². The van der Waals surface area contributed by atoms with E-state index in [0.29, 0.717) is 5.56 Å². The molecule has 1 aromatic heterocycles. The predicted octanol–water partition coefficient (Wildman–Crippen LogP) is 7.61. The lowest BCUT2D eigenvalue weighted by Crippen LogP contribution is -2.35. The zero-order valence-corrected chi connectivity index (χ0v) is 18.5. The minimum Gasteiger partial charge on any atom is -0.442 e. The molecule has 0 bridgehead atoms. The van der Waals surface area contributed by atoms with E-state index < -0.39 is 5.60 Å². The number of esters is 1. The smallest absolute Gasteiger partial charge is 0.339 e. The van der Waals surface area contributed by atoms with E-state index >= 15 is 0 Å². The Balaban J connectivity index is 1.49. The van der Waals surface area contributed by atoms with Gasteiger partial charge in [-0.1, -0.05) is 36.6 Å². The molecule has 3 aromatic carbocycles. The summed E-state index contributed by atoms with van der Waals surface area (Å²) in [6.45, 7) is 1.82. The van der Waals surface area contributed by atoms with Gasteiger partial charge in [0.25, 0.3) is 0 Å². The average molecular weight is 426 g/mol. The highest BCUT2D eigenvalue weighted by molar-refractivity contribution is 7.50. The van der Waals surface area contributed by atoms with Gasteiger partial charge in [0.1, 0.15) is 0 Å². The number of hydrogen-bond acceptors (Lipinski definition) is 2. The molecule has 2 nitrogen and oxygen atoms in total. The van der Waals surface area contributed by atoms with Crippen LogP contribution in [0, 0.1) is 11.8 Å².